The maximum Gasteiger partial charge on any atom is 0.508 e. The van der Waals surface area contributed by atoms with E-state index in [0.717, 1.165) is 18.4 Å². The molecule has 0 amide bonds. The Hall–Kier alpha value is -1.21. The smallest absolute Gasteiger partial charge is 0.438 e. The molecule has 7 heteroatoms. The molecule has 0 unspecified atom stereocenters. The average molecular weight is 497 g/mol. The number of halogens is 1. The van der Waals surface area contributed by atoms with E-state index in [1.165, 1.54) is 7.11 Å². The van der Waals surface area contributed by atoms with Crippen LogP contribution in [-0.4, -0.2) is 46.5 Å². The van der Waals surface area contributed by atoms with Crippen molar-refractivity contribution in [1.29, 1.82) is 0 Å². The summed E-state index contributed by atoms with van der Waals surface area (Å²) in [6, 6.07) is 0. The molecular formula is C24H33BrO6. The number of aliphatic hydroxyl groups is 1. The lowest BCUT2D eigenvalue weighted by Gasteiger charge is -2.64. The number of hydrogen-bond donors (Lipinski definition) is 1. The molecule has 4 rings (SSSR count). The second-order valence-corrected chi connectivity index (χ2v) is 11.1. The molecule has 0 heterocycles. The first kappa shape index (κ1) is 23.0. The van der Waals surface area contributed by atoms with Crippen molar-refractivity contribution < 1.29 is 29.0 Å². The minimum Gasteiger partial charge on any atom is -0.438 e. The van der Waals surface area contributed by atoms with Crippen molar-refractivity contribution >= 4 is 33.7 Å². The summed E-state index contributed by atoms with van der Waals surface area (Å²) in [7, 11) is 1.32. The summed E-state index contributed by atoms with van der Waals surface area (Å²) in [6.07, 6.45) is 5.47. The van der Waals surface area contributed by atoms with Crippen LogP contribution in [0.15, 0.2) is 11.6 Å². The molecule has 7 atom stereocenters. The highest BCUT2D eigenvalue weighted by molar-refractivity contribution is 9.09. The molecular weight excluding hydrogens is 464 g/mol. The molecule has 6 nitrogen and oxygen atoms in total. The van der Waals surface area contributed by atoms with E-state index in [4.69, 9.17) is 9.47 Å². The third-order valence-electron chi connectivity index (χ3n) is 9.66. The second kappa shape index (κ2) is 7.41. The first-order valence-corrected chi connectivity index (χ1v) is 12.4. The number of carbonyl (C=O) groups is 3. The summed E-state index contributed by atoms with van der Waals surface area (Å²) >= 11 is 3.27. The fraction of sp³-hybridized carbons (Fsp3) is 0.792. The number of hydrogen-bond acceptors (Lipinski definition) is 6. The van der Waals surface area contributed by atoms with Crippen LogP contribution in [0.5, 0.6) is 0 Å². The number of Topliss-reactive ketones (excluding diaryl/α,β-unsaturated/α-hetero) is 1. The number of rotatable bonds is 3. The van der Waals surface area contributed by atoms with Gasteiger partial charge < -0.3 is 14.6 Å². The van der Waals surface area contributed by atoms with Crippen LogP contribution in [0.2, 0.25) is 0 Å². The average Bonchev–Trinajstić information content (AvgIpc) is 2.95. The zero-order valence-corrected chi connectivity index (χ0v) is 20.4. The summed E-state index contributed by atoms with van der Waals surface area (Å²) in [5, 5.41) is 11.9. The number of ether oxygens (including phenoxy) is 2. The van der Waals surface area contributed by atoms with Crippen LogP contribution in [0.4, 0.5) is 4.79 Å². The molecule has 0 aromatic carbocycles. The lowest BCUT2D eigenvalue weighted by molar-refractivity contribution is -0.216. The molecule has 0 spiro atoms. The van der Waals surface area contributed by atoms with Crippen molar-refractivity contribution in [3.63, 3.8) is 0 Å². The zero-order chi connectivity index (χ0) is 22.8. The summed E-state index contributed by atoms with van der Waals surface area (Å²) in [4.78, 5) is 37.6. The molecule has 0 aromatic heterocycles. The van der Waals surface area contributed by atoms with Crippen LogP contribution in [0.3, 0.4) is 0 Å². The van der Waals surface area contributed by atoms with Crippen LogP contribution < -0.4 is 0 Å². The third kappa shape index (κ3) is 2.81. The lowest BCUT2D eigenvalue weighted by atomic mass is 9.44. The van der Waals surface area contributed by atoms with E-state index in [2.05, 4.69) is 22.9 Å². The first-order chi connectivity index (χ1) is 14.5. The van der Waals surface area contributed by atoms with Crippen LogP contribution in [-0.2, 0) is 19.1 Å². The number of alkyl halides is 1. The monoisotopic (exact) mass is 496 g/mol. The first-order valence-electron chi connectivity index (χ1n) is 11.3. The third-order valence-corrected chi connectivity index (χ3v) is 10.2. The lowest BCUT2D eigenvalue weighted by Crippen LogP contribution is -2.67. The fourth-order valence-corrected chi connectivity index (χ4v) is 8.37. The van der Waals surface area contributed by atoms with Crippen molar-refractivity contribution in [3.05, 3.63) is 11.6 Å². The predicted octanol–water partition coefficient (Wildman–Crippen LogP) is 4.37. The molecule has 31 heavy (non-hydrogen) atoms. The molecule has 4 aliphatic rings. The van der Waals surface area contributed by atoms with Crippen molar-refractivity contribution in [1.82, 2.24) is 0 Å². The van der Waals surface area contributed by atoms with Gasteiger partial charge in [-0.25, -0.2) is 4.79 Å². The van der Waals surface area contributed by atoms with Crippen molar-refractivity contribution in [3.8, 4) is 0 Å². The molecule has 3 fully saturated rings. The maximum atomic E-state index is 12.9. The van der Waals surface area contributed by atoms with E-state index in [0.29, 0.717) is 32.1 Å². The molecule has 0 bridgehead atoms. The van der Waals surface area contributed by atoms with Gasteiger partial charge in [0.25, 0.3) is 0 Å². The van der Waals surface area contributed by atoms with Crippen LogP contribution in [0, 0.1) is 28.6 Å². The topological polar surface area (TPSA) is 89.9 Å². The van der Waals surface area contributed by atoms with Gasteiger partial charge in [0, 0.05) is 23.2 Å². The van der Waals surface area contributed by atoms with Gasteiger partial charge in [-0.3, -0.25) is 9.59 Å². The Morgan fingerprint density at radius 1 is 1.19 bits per heavy atom. The quantitative estimate of drug-likeness (QED) is 0.460. The van der Waals surface area contributed by atoms with E-state index >= 15 is 0 Å². The van der Waals surface area contributed by atoms with E-state index in [9.17, 15) is 19.5 Å². The Kier molecular flexibility index (Phi) is 5.49. The van der Waals surface area contributed by atoms with Gasteiger partial charge in [-0.15, -0.1) is 0 Å². The summed E-state index contributed by atoms with van der Waals surface area (Å²) in [5.74, 6) is -0.201. The molecule has 3 saturated carbocycles. The SMILES string of the molecule is COC(=O)O[C@]12CC[C@@]3(C)[C@@H](C[C@H](C)[C@]3(O)C(=O)CBr)[C@@H]1CCC1=CC(=O)CC[C@@]12C. The van der Waals surface area contributed by atoms with E-state index in [1.807, 2.05) is 13.8 Å². The van der Waals surface area contributed by atoms with Crippen LogP contribution in [0.1, 0.15) is 65.7 Å². The van der Waals surface area contributed by atoms with Gasteiger partial charge in [0.15, 0.2) is 11.6 Å². The van der Waals surface area contributed by atoms with Gasteiger partial charge in [-0.1, -0.05) is 42.3 Å². The highest BCUT2D eigenvalue weighted by Crippen LogP contribution is 2.71. The fourth-order valence-electron chi connectivity index (χ4n) is 7.94. The summed E-state index contributed by atoms with van der Waals surface area (Å²) in [6.45, 7) is 6.13. The maximum absolute atomic E-state index is 12.9. The highest BCUT2D eigenvalue weighted by Gasteiger charge is 2.73. The minimum absolute atomic E-state index is 0.0136. The van der Waals surface area contributed by atoms with Crippen molar-refractivity contribution in [2.45, 2.75) is 76.9 Å². The van der Waals surface area contributed by atoms with Gasteiger partial charge in [0.1, 0.15) is 11.2 Å². The van der Waals surface area contributed by atoms with Gasteiger partial charge in [0.2, 0.25) is 0 Å². The molecule has 0 radical (unpaired) electrons. The van der Waals surface area contributed by atoms with Crippen molar-refractivity contribution in [2.24, 2.45) is 28.6 Å². The Bertz CT molecular complexity index is 853. The highest BCUT2D eigenvalue weighted by atomic mass is 79.9. The largest absolute Gasteiger partial charge is 0.508 e. The number of fused-ring (bicyclic) bond motifs is 5. The van der Waals surface area contributed by atoms with Crippen LogP contribution in [0.25, 0.3) is 0 Å². The Morgan fingerprint density at radius 2 is 1.90 bits per heavy atom. The molecule has 0 aliphatic heterocycles. The molecule has 4 aliphatic carbocycles. The summed E-state index contributed by atoms with van der Waals surface area (Å²) in [5.41, 5.74) is -2.20. The number of methoxy groups -OCH3 is 1. The number of ketones is 2. The van der Waals surface area contributed by atoms with Gasteiger partial charge in [-0.2, -0.15) is 0 Å². The molecule has 172 valence electrons. The number of carbonyl (C=O) groups excluding carboxylic acids is 3. The Labute approximate surface area is 192 Å². The minimum atomic E-state index is -1.40. The summed E-state index contributed by atoms with van der Waals surface area (Å²) < 4.78 is 11.1. The van der Waals surface area contributed by atoms with E-state index in [-0.39, 0.29) is 34.7 Å². The van der Waals surface area contributed by atoms with Crippen molar-refractivity contribution in [2.75, 3.05) is 12.4 Å². The van der Waals surface area contributed by atoms with E-state index in [1.54, 1.807) is 6.08 Å². The standard InChI is InChI=1S/C24H33BrO6/c1-14-11-18-17-6-5-15-12-16(26)7-8-21(15,2)23(17,31-20(28)30-4)10-9-22(18,3)24(14,29)19(27)13-25/h12,14,17-18,29H,5-11,13H2,1-4H3/t14-,17-,18-,21-,22-,23+,24-/m0/s1. The zero-order valence-electron chi connectivity index (χ0n) is 18.8. The van der Waals surface area contributed by atoms with E-state index < -0.39 is 28.2 Å². The Morgan fingerprint density at radius 3 is 2.55 bits per heavy atom. The normalized spacial score (nSPS) is 46.3. The molecule has 0 aromatic rings. The van der Waals surface area contributed by atoms with Gasteiger partial charge in [0.05, 0.1) is 12.4 Å². The molecule has 0 saturated heterocycles. The molecule has 1 N–H and O–H groups in total. The van der Waals surface area contributed by atoms with Gasteiger partial charge >= 0.3 is 6.16 Å². The Balaban J connectivity index is 1.84. The van der Waals surface area contributed by atoms with Crippen LogP contribution >= 0.6 is 15.9 Å². The predicted molar refractivity (Wildman–Crippen MR) is 118 cm³/mol. The van der Waals surface area contributed by atoms with Gasteiger partial charge in [-0.05, 0) is 56.4 Å². The second-order valence-electron chi connectivity index (χ2n) is 10.5.